The molecular formula is C22H20F3N7O3. The van der Waals surface area contributed by atoms with Crippen molar-refractivity contribution in [1.82, 2.24) is 24.6 Å². The van der Waals surface area contributed by atoms with Crippen LogP contribution in [-0.4, -0.2) is 67.7 Å². The van der Waals surface area contributed by atoms with Crippen LogP contribution in [0.1, 0.15) is 19.0 Å². The molecule has 1 fully saturated rings. The van der Waals surface area contributed by atoms with Crippen molar-refractivity contribution in [2.24, 2.45) is 0 Å². The maximum Gasteiger partial charge on any atom is 0.410 e. The molecule has 5 rings (SSSR count). The molecule has 1 aliphatic rings. The number of pyridine rings is 3. The fourth-order valence-corrected chi connectivity index (χ4v) is 4.20. The van der Waals surface area contributed by atoms with Crippen LogP contribution in [0.5, 0.6) is 0 Å². The number of nitrogens with zero attached hydrogens (tertiary/aromatic N) is 6. The summed E-state index contributed by atoms with van der Waals surface area (Å²) in [6.45, 7) is 2.27. The molecule has 4 aromatic rings. The molecule has 0 unspecified atom stereocenters. The smallest absolute Gasteiger partial charge is 0.410 e. The number of aromatic nitrogens is 5. The van der Waals surface area contributed by atoms with Crippen molar-refractivity contribution < 1.29 is 27.8 Å². The van der Waals surface area contributed by atoms with E-state index in [4.69, 9.17) is 9.84 Å². The normalized spacial score (nSPS) is 18.5. The highest BCUT2D eigenvalue weighted by atomic mass is 19.3. The Hall–Kier alpha value is -4.00. The van der Waals surface area contributed by atoms with Gasteiger partial charge in [-0.2, -0.15) is 0 Å². The highest BCUT2D eigenvalue weighted by molar-refractivity contribution is 5.98. The SMILES string of the molecule is C[C@@H]1CN(c2ccc3nc(-c4cnc(C(F)F)c5cnc(NC(=O)O)cc45)nn3c2)C[C@@H](CF)O1. The van der Waals surface area contributed by atoms with Crippen molar-refractivity contribution in [3.63, 3.8) is 0 Å². The maximum absolute atomic E-state index is 13.5. The summed E-state index contributed by atoms with van der Waals surface area (Å²) in [5, 5.41) is 16.0. The molecule has 0 bridgehead atoms. The predicted molar refractivity (Wildman–Crippen MR) is 121 cm³/mol. The van der Waals surface area contributed by atoms with Gasteiger partial charge >= 0.3 is 6.09 Å². The average molecular weight is 487 g/mol. The molecule has 1 amide bonds. The van der Waals surface area contributed by atoms with Gasteiger partial charge in [-0.3, -0.25) is 10.3 Å². The Labute approximate surface area is 196 Å². The number of ether oxygens (including phenoxy) is 1. The first kappa shape index (κ1) is 22.8. The minimum absolute atomic E-state index is 0.0347. The Morgan fingerprint density at radius 2 is 2.09 bits per heavy atom. The first-order valence-electron chi connectivity index (χ1n) is 10.7. The van der Waals surface area contributed by atoms with Crippen molar-refractivity contribution in [2.75, 3.05) is 30.0 Å². The van der Waals surface area contributed by atoms with E-state index < -0.39 is 31.0 Å². The van der Waals surface area contributed by atoms with Gasteiger partial charge in [0.05, 0.1) is 18.0 Å². The van der Waals surface area contributed by atoms with Crippen molar-refractivity contribution in [3.8, 4) is 11.4 Å². The van der Waals surface area contributed by atoms with Gasteiger partial charge in [0, 0.05) is 41.8 Å². The number of morpholine rings is 1. The van der Waals surface area contributed by atoms with Crippen molar-refractivity contribution >= 4 is 34.0 Å². The lowest BCUT2D eigenvalue weighted by Crippen LogP contribution is -2.47. The van der Waals surface area contributed by atoms with Gasteiger partial charge in [-0.15, -0.1) is 5.10 Å². The number of alkyl halides is 3. The summed E-state index contributed by atoms with van der Waals surface area (Å²) in [5.41, 5.74) is 1.16. The third-order valence-corrected chi connectivity index (χ3v) is 5.66. The standard InChI is InChI=1S/C22H20F3N7O3/c1-11-8-31(10-13(5-23)35-11)12-2-3-18-29-21(30-32(18)9-12)16-7-27-19(20(24)25)15-6-26-17(4-14(15)16)28-22(33)34/h2-4,6-7,9,11,13,20H,5,8,10H2,1H3,(H,26,28)(H,33,34)/t11-,13-/m1/s1. The van der Waals surface area contributed by atoms with Gasteiger partial charge in [-0.05, 0) is 25.1 Å². The molecule has 0 radical (unpaired) electrons. The lowest BCUT2D eigenvalue weighted by molar-refractivity contribution is -0.0269. The largest absolute Gasteiger partial charge is 0.465 e. The summed E-state index contributed by atoms with van der Waals surface area (Å²) < 4.78 is 47.4. The van der Waals surface area contributed by atoms with Crippen molar-refractivity contribution in [1.29, 1.82) is 0 Å². The number of hydrogen-bond acceptors (Lipinski definition) is 7. The van der Waals surface area contributed by atoms with E-state index in [2.05, 4.69) is 25.4 Å². The summed E-state index contributed by atoms with van der Waals surface area (Å²) in [5.74, 6) is 0.178. The summed E-state index contributed by atoms with van der Waals surface area (Å²) in [7, 11) is 0. The molecule has 1 saturated heterocycles. The molecule has 0 saturated carbocycles. The highest BCUT2D eigenvalue weighted by Gasteiger charge is 2.26. The minimum atomic E-state index is -2.85. The molecule has 2 N–H and O–H groups in total. The molecule has 13 heteroatoms. The number of fused-ring (bicyclic) bond motifs is 2. The molecule has 35 heavy (non-hydrogen) atoms. The fraction of sp³-hybridized carbons (Fsp3) is 0.318. The molecule has 0 spiro atoms. The Balaban J connectivity index is 1.58. The van der Waals surface area contributed by atoms with E-state index in [1.54, 1.807) is 16.8 Å². The Bertz CT molecular complexity index is 1410. The van der Waals surface area contributed by atoms with Crippen LogP contribution in [0.3, 0.4) is 0 Å². The van der Waals surface area contributed by atoms with E-state index in [9.17, 15) is 18.0 Å². The number of nitrogens with one attached hydrogen (secondary N) is 1. The van der Waals surface area contributed by atoms with Crippen LogP contribution in [0.2, 0.25) is 0 Å². The van der Waals surface area contributed by atoms with E-state index in [0.717, 1.165) is 11.9 Å². The van der Waals surface area contributed by atoms with Crippen LogP contribution in [-0.2, 0) is 4.74 Å². The average Bonchev–Trinajstić information content (AvgIpc) is 3.25. The number of halogens is 3. The van der Waals surface area contributed by atoms with Gasteiger partial charge < -0.3 is 14.7 Å². The summed E-state index contributed by atoms with van der Waals surface area (Å²) >= 11 is 0. The third-order valence-electron chi connectivity index (χ3n) is 5.66. The second-order valence-corrected chi connectivity index (χ2v) is 8.16. The summed E-state index contributed by atoms with van der Waals surface area (Å²) in [6.07, 6.45) is -0.721. The van der Waals surface area contributed by atoms with Gasteiger partial charge in [-0.1, -0.05) is 0 Å². The van der Waals surface area contributed by atoms with Gasteiger partial charge in [-0.25, -0.2) is 32.4 Å². The first-order valence-corrected chi connectivity index (χ1v) is 10.7. The topological polar surface area (TPSA) is 118 Å². The van der Waals surface area contributed by atoms with E-state index >= 15 is 0 Å². The van der Waals surface area contributed by atoms with E-state index in [0.29, 0.717) is 24.3 Å². The molecule has 1 aliphatic heterocycles. The number of carboxylic acid groups (broad SMARTS) is 1. The van der Waals surface area contributed by atoms with Crippen LogP contribution < -0.4 is 10.2 Å². The zero-order chi connectivity index (χ0) is 24.7. The summed E-state index contributed by atoms with van der Waals surface area (Å²) in [4.78, 5) is 25.3. The number of amides is 1. The van der Waals surface area contributed by atoms with E-state index in [1.165, 1.54) is 12.3 Å². The molecule has 0 aromatic carbocycles. The van der Waals surface area contributed by atoms with Gasteiger partial charge in [0.25, 0.3) is 6.43 Å². The summed E-state index contributed by atoms with van der Waals surface area (Å²) in [6, 6.07) is 4.93. The second kappa shape index (κ2) is 8.98. The van der Waals surface area contributed by atoms with Crippen molar-refractivity contribution in [2.45, 2.75) is 25.6 Å². The molecule has 4 aromatic heterocycles. The van der Waals surface area contributed by atoms with Gasteiger partial charge in [0.15, 0.2) is 11.5 Å². The Morgan fingerprint density at radius 3 is 2.83 bits per heavy atom. The Morgan fingerprint density at radius 1 is 1.26 bits per heavy atom. The highest BCUT2D eigenvalue weighted by Crippen LogP contribution is 2.33. The van der Waals surface area contributed by atoms with E-state index in [1.807, 2.05) is 17.9 Å². The number of anilines is 2. The van der Waals surface area contributed by atoms with E-state index in [-0.39, 0.29) is 28.5 Å². The second-order valence-electron chi connectivity index (χ2n) is 8.16. The third kappa shape index (κ3) is 4.41. The molecule has 182 valence electrons. The predicted octanol–water partition coefficient (Wildman–Crippen LogP) is 3.93. The molecular weight excluding hydrogens is 467 g/mol. The van der Waals surface area contributed by atoms with Gasteiger partial charge in [0.2, 0.25) is 0 Å². The van der Waals surface area contributed by atoms with Crippen LogP contribution in [0.4, 0.5) is 29.5 Å². The fourth-order valence-electron chi connectivity index (χ4n) is 4.20. The van der Waals surface area contributed by atoms with Gasteiger partial charge in [0.1, 0.15) is 24.3 Å². The Kier molecular flexibility index (Phi) is 5.84. The first-order chi connectivity index (χ1) is 16.8. The number of carbonyl (C=O) groups is 1. The zero-order valence-corrected chi connectivity index (χ0v) is 18.4. The van der Waals surface area contributed by atoms with Crippen LogP contribution >= 0.6 is 0 Å². The van der Waals surface area contributed by atoms with Crippen LogP contribution in [0, 0.1) is 0 Å². The quantitative estimate of drug-likeness (QED) is 0.435. The van der Waals surface area contributed by atoms with Crippen LogP contribution in [0.15, 0.2) is 36.8 Å². The lowest BCUT2D eigenvalue weighted by Gasteiger charge is -2.37. The molecule has 10 nitrogen and oxygen atoms in total. The lowest BCUT2D eigenvalue weighted by atomic mass is 10.1. The molecule has 2 atom stereocenters. The minimum Gasteiger partial charge on any atom is -0.465 e. The number of hydrogen-bond donors (Lipinski definition) is 2. The van der Waals surface area contributed by atoms with Crippen LogP contribution in [0.25, 0.3) is 27.8 Å². The van der Waals surface area contributed by atoms with Crippen molar-refractivity contribution in [3.05, 3.63) is 42.5 Å². The molecule has 5 heterocycles. The molecule has 0 aliphatic carbocycles. The monoisotopic (exact) mass is 487 g/mol. The number of rotatable bonds is 5. The zero-order valence-electron chi connectivity index (χ0n) is 18.4. The maximum atomic E-state index is 13.5.